The Hall–Kier alpha value is -4.41. The molecule has 2 amide bonds. The molecule has 0 atom stereocenters. The van der Waals surface area contributed by atoms with Gasteiger partial charge in [-0.1, -0.05) is 6.07 Å². The topological polar surface area (TPSA) is 102 Å². The number of benzene rings is 1. The molecule has 196 valence electrons. The van der Waals surface area contributed by atoms with Crippen LogP contribution in [0, 0.1) is 11.8 Å². The van der Waals surface area contributed by atoms with Gasteiger partial charge in [-0.2, -0.15) is 18.3 Å². The number of morpholine rings is 1. The number of amides is 2. The summed E-state index contributed by atoms with van der Waals surface area (Å²) in [6, 6.07) is 4.61. The monoisotopic (exact) mass is 524 g/mol. The van der Waals surface area contributed by atoms with E-state index >= 15 is 0 Å². The van der Waals surface area contributed by atoms with Gasteiger partial charge in [0.2, 0.25) is 0 Å². The van der Waals surface area contributed by atoms with Gasteiger partial charge in [0.15, 0.2) is 11.5 Å². The fourth-order valence-electron chi connectivity index (χ4n) is 4.04. The molecule has 4 heterocycles. The summed E-state index contributed by atoms with van der Waals surface area (Å²) >= 11 is 0. The Morgan fingerprint density at radius 3 is 2.68 bits per heavy atom. The minimum absolute atomic E-state index is 0.0126. The number of aromatic nitrogens is 5. The Morgan fingerprint density at radius 1 is 1.11 bits per heavy atom. The van der Waals surface area contributed by atoms with Crippen LogP contribution in [-0.4, -0.2) is 61.4 Å². The van der Waals surface area contributed by atoms with E-state index in [4.69, 9.17) is 4.74 Å². The molecule has 38 heavy (non-hydrogen) atoms. The van der Waals surface area contributed by atoms with Crippen molar-refractivity contribution in [2.45, 2.75) is 12.7 Å². The van der Waals surface area contributed by atoms with Crippen LogP contribution in [0.5, 0.6) is 0 Å². The summed E-state index contributed by atoms with van der Waals surface area (Å²) in [5.74, 6) is 6.17. The summed E-state index contributed by atoms with van der Waals surface area (Å²) in [4.78, 5) is 22.7. The van der Waals surface area contributed by atoms with Gasteiger partial charge in [0.1, 0.15) is 11.4 Å². The van der Waals surface area contributed by atoms with E-state index in [1.54, 1.807) is 42.3 Å². The van der Waals surface area contributed by atoms with E-state index in [0.29, 0.717) is 43.3 Å². The second kappa shape index (κ2) is 10.5. The molecule has 0 unspecified atom stereocenters. The Kier molecular flexibility index (Phi) is 6.99. The summed E-state index contributed by atoms with van der Waals surface area (Å²) in [6.45, 7) is 2.24. The summed E-state index contributed by atoms with van der Waals surface area (Å²) in [5, 5.41) is 9.19. The van der Waals surface area contributed by atoms with Crippen molar-refractivity contribution in [3.05, 3.63) is 71.6 Å². The fourth-order valence-corrected chi connectivity index (χ4v) is 4.04. The largest absolute Gasteiger partial charge is 0.416 e. The zero-order valence-corrected chi connectivity index (χ0v) is 20.3. The number of halogens is 3. The Morgan fingerprint density at radius 2 is 1.89 bits per heavy atom. The maximum atomic E-state index is 13.8. The van der Waals surface area contributed by atoms with E-state index in [-0.39, 0.29) is 23.6 Å². The van der Waals surface area contributed by atoms with Crippen LogP contribution < -0.4 is 10.6 Å². The number of hydrogen-bond acceptors (Lipinski definition) is 6. The van der Waals surface area contributed by atoms with Gasteiger partial charge in [-0.25, -0.2) is 9.78 Å². The first-order valence-electron chi connectivity index (χ1n) is 11.7. The molecular weight excluding hydrogens is 501 g/mol. The molecule has 13 heteroatoms. The number of fused-ring (bicyclic) bond motifs is 1. The van der Waals surface area contributed by atoms with E-state index in [1.165, 1.54) is 16.8 Å². The average molecular weight is 525 g/mol. The summed E-state index contributed by atoms with van der Waals surface area (Å²) in [7, 11) is 1.66. The van der Waals surface area contributed by atoms with Crippen LogP contribution in [-0.2, 0) is 24.5 Å². The first-order valence-corrected chi connectivity index (χ1v) is 11.7. The van der Waals surface area contributed by atoms with Crippen LogP contribution in [0.15, 0.2) is 49.1 Å². The molecule has 0 saturated carbocycles. The molecule has 1 aliphatic heterocycles. The molecule has 2 N–H and O–H groups in total. The molecular formula is C25H23F3N8O2. The molecule has 1 aliphatic rings. The molecule has 4 aromatic rings. The number of carbonyl (C=O) groups is 1. The van der Waals surface area contributed by atoms with Gasteiger partial charge in [-0.15, -0.1) is 0 Å². The summed E-state index contributed by atoms with van der Waals surface area (Å²) in [6.07, 6.45) is 2.04. The lowest BCUT2D eigenvalue weighted by Gasteiger charge is -2.27. The number of nitrogens with zero attached hydrogens (tertiary/aromatic N) is 6. The molecule has 3 aromatic heterocycles. The van der Waals surface area contributed by atoms with Crippen molar-refractivity contribution in [2.75, 3.05) is 36.9 Å². The third kappa shape index (κ3) is 5.77. The minimum atomic E-state index is -4.57. The second-order valence-corrected chi connectivity index (χ2v) is 8.57. The van der Waals surface area contributed by atoms with Crippen LogP contribution in [0.2, 0.25) is 0 Å². The third-order valence-corrected chi connectivity index (χ3v) is 5.93. The molecule has 0 radical (unpaired) electrons. The molecule has 10 nitrogen and oxygen atoms in total. The Balaban J connectivity index is 1.27. The number of alkyl halides is 3. The molecule has 5 rings (SSSR count). The minimum Gasteiger partial charge on any atom is -0.379 e. The van der Waals surface area contributed by atoms with Crippen molar-refractivity contribution in [1.82, 2.24) is 29.0 Å². The predicted octanol–water partition coefficient (Wildman–Crippen LogP) is 3.36. The van der Waals surface area contributed by atoms with Gasteiger partial charge in [-0.3, -0.25) is 24.3 Å². The van der Waals surface area contributed by atoms with Crippen LogP contribution in [0.1, 0.15) is 22.5 Å². The predicted molar refractivity (Wildman–Crippen MR) is 132 cm³/mol. The lowest BCUT2D eigenvalue weighted by atomic mass is 10.0. The molecule has 1 saturated heterocycles. The quantitative estimate of drug-likeness (QED) is 0.397. The molecule has 0 bridgehead atoms. The SMILES string of the molecule is Cn1nc(NC(=O)Nc2ccc(CN3CCOCC3)c(C(F)(F)F)c2)cc1C#Cc1cnc2cnccn12. The zero-order chi connectivity index (χ0) is 26.7. The van der Waals surface area contributed by atoms with E-state index in [0.717, 1.165) is 6.07 Å². The van der Waals surface area contributed by atoms with Gasteiger partial charge >= 0.3 is 12.2 Å². The number of nitrogens with one attached hydrogen (secondary N) is 2. The number of aryl methyl sites for hydroxylation is 1. The number of anilines is 2. The van der Waals surface area contributed by atoms with Crippen molar-refractivity contribution in [3.63, 3.8) is 0 Å². The number of hydrogen-bond donors (Lipinski definition) is 2. The van der Waals surface area contributed by atoms with Crippen molar-refractivity contribution in [3.8, 4) is 11.8 Å². The van der Waals surface area contributed by atoms with Gasteiger partial charge in [0, 0.05) is 50.8 Å². The van der Waals surface area contributed by atoms with Crippen molar-refractivity contribution < 1.29 is 22.7 Å². The maximum absolute atomic E-state index is 13.8. The average Bonchev–Trinajstić information content (AvgIpc) is 3.46. The van der Waals surface area contributed by atoms with Crippen LogP contribution in [0.4, 0.5) is 29.5 Å². The highest BCUT2D eigenvalue weighted by Gasteiger charge is 2.34. The maximum Gasteiger partial charge on any atom is 0.416 e. The van der Waals surface area contributed by atoms with E-state index in [9.17, 15) is 18.0 Å². The Labute approximate surface area is 215 Å². The van der Waals surface area contributed by atoms with Gasteiger partial charge < -0.3 is 10.1 Å². The fraction of sp³-hybridized carbons (Fsp3) is 0.280. The molecule has 0 aliphatic carbocycles. The normalized spacial score (nSPS) is 14.2. The number of rotatable bonds is 4. The number of carbonyl (C=O) groups excluding carboxylic acids is 1. The Bertz CT molecular complexity index is 1530. The number of imidazole rings is 1. The highest BCUT2D eigenvalue weighted by molar-refractivity contribution is 5.99. The summed E-state index contributed by atoms with van der Waals surface area (Å²) < 4.78 is 49.8. The van der Waals surface area contributed by atoms with E-state index in [2.05, 4.69) is 37.5 Å². The van der Waals surface area contributed by atoms with Gasteiger partial charge in [0.25, 0.3) is 0 Å². The van der Waals surface area contributed by atoms with Gasteiger partial charge in [0.05, 0.1) is 31.2 Å². The molecule has 1 fully saturated rings. The highest BCUT2D eigenvalue weighted by Crippen LogP contribution is 2.34. The van der Waals surface area contributed by atoms with E-state index < -0.39 is 17.8 Å². The lowest BCUT2D eigenvalue weighted by molar-refractivity contribution is -0.138. The first kappa shape index (κ1) is 25.2. The van der Waals surface area contributed by atoms with Gasteiger partial charge in [-0.05, 0) is 29.5 Å². The van der Waals surface area contributed by atoms with Crippen molar-refractivity contribution >= 4 is 23.2 Å². The smallest absolute Gasteiger partial charge is 0.379 e. The first-order chi connectivity index (χ1) is 18.3. The standard InChI is InChI=1S/C25H23F3N8O2/c1-34-19(4-5-20-14-30-23-15-29-6-7-36(20)23)13-22(33-34)32-24(37)31-18-3-2-17(21(12-18)25(26,27)28)16-35-8-10-38-11-9-35/h2-3,6-7,12-15H,8-11,16H2,1H3,(H2,31,32,33,37). The zero-order valence-electron chi connectivity index (χ0n) is 20.3. The van der Waals surface area contributed by atoms with Crippen molar-refractivity contribution in [1.29, 1.82) is 0 Å². The lowest BCUT2D eigenvalue weighted by Crippen LogP contribution is -2.36. The van der Waals surface area contributed by atoms with Crippen molar-refractivity contribution in [2.24, 2.45) is 7.05 Å². The van der Waals surface area contributed by atoms with E-state index in [1.807, 2.05) is 4.90 Å². The van der Waals surface area contributed by atoms with Crippen LogP contribution >= 0.6 is 0 Å². The number of urea groups is 1. The molecule has 0 spiro atoms. The number of ether oxygens (including phenoxy) is 1. The summed E-state index contributed by atoms with van der Waals surface area (Å²) in [5.41, 5.74) is 1.17. The molecule has 1 aromatic carbocycles. The second-order valence-electron chi connectivity index (χ2n) is 8.57. The highest BCUT2D eigenvalue weighted by atomic mass is 19.4. The van der Waals surface area contributed by atoms with Crippen LogP contribution in [0.25, 0.3) is 5.65 Å². The third-order valence-electron chi connectivity index (χ3n) is 5.93. The van der Waals surface area contributed by atoms with Crippen LogP contribution in [0.3, 0.4) is 0 Å².